The van der Waals surface area contributed by atoms with Gasteiger partial charge in [-0.3, -0.25) is 4.79 Å². The lowest BCUT2D eigenvalue weighted by Crippen LogP contribution is -2.27. The largest absolute Gasteiger partial charge is 0.393 e. The molecule has 1 aliphatic rings. The fraction of sp³-hybridized carbons (Fsp3) is 0.438. The van der Waals surface area contributed by atoms with Gasteiger partial charge in [0.1, 0.15) is 5.82 Å². The molecule has 122 valence electrons. The standard InChI is InChI=1S/C16H19ClN4O2/c1-10(22)8-9-18-16(23)14-19-15(11-6-7-11)21(20-14)13-5-3-2-4-12(13)17/h2-5,10-11,22H,6-9H2,1H3,(H,18,23). The molecule has 3 rings (SSSR count). The lowest BCUT2D eigenvalue weighted by molar-refractivity contribution is 0.0935. The van der Waals surface area contributed by atoms with Crippen LogP contribution in [-0.2, 0) is 0 Å². The highest BCUT2D eigenvalue weighted by atomic mass is 35.5. The summed E-state index contributed by atoms with van der Waals surface area (Å²) in [4.78, 5) is 16.6. The van der Waals surface area contributed by atoms with Crippen LogP contribution in [0.25, 0.3) is 5.69 Å². The molecule has 0 aliphatic heterocycles. The van der Waals surface area contributed by atoms with E-state index in [2.05, 4.69) is 15.4 Å². The highest BCUT2D eigenvalue weighted by molar-refractivity contribution is 6.32. The van der Waals surface area contributed by atoms with Gasteiger partial charge >= 0.3 is 0 Å². The van der Waals surface area contributed by atoms with Gasteiger partial charge in [-0.1, -0.05) is 23.7 Å². The molecule has 1 amide bonds. The van der Waals surface area contributed by atoms with Gasteiger partial charge in [-0.15, -0.1) is 5.10 Å². The van der Waals surface area contributed by atoms with E-state index in [0.717, 1.165) is 24.4 Å². The first-order valence-electron chi connectivity index (χ1n) is 7.74. The lowest BCUT2D eigenvalue weighted by Gasteiger charge is -2.06. The van der Waals surface area contributed by atoms with Crippen LogP contribution in [0.5, 0.6) is 0 Å². The molecule has 0 spiro atoms. The molecule has 1 atom stereocenters. The highest BCUT2D eigenvalue weighted by Gasteiger charge is 2.31. The Balaban J connectivity index is 1.85. The van der Waals surface area contributed by atoms with Gasteiger partial charge in [0.2, 0.25) is 5.82 Å². The number of aliphatic hydroxyl groups excluding tert-OH is 1. The van der Waals surface area contributed by atoms with Crippen molar-refractivity contribution in [1.29, 1.82) is 0 Å². The SMILES string of the molecule is CC(O)CCNC(=O)c1nc(C2CC2)n(-c2ccccc2Cl)n1. The molecule has 6 nitrogen and oxygen atoms in total. The van der Waals surface area contributed by atoms with E-state index in [4.69, 9.17) is 11.6 Å². The molecule has 0 saturated heterocycles. The third kappa shape index (κ3) is 3.71. The Bertz CT molecular complexity index is 710. The number of carbonyl (C=O) groups excluding carboxylic acids is 1. The topological polar surface area (TPSA) is 80.0 Å². The zero-order chi connectivity index (χ0) is 16.4. The van der Waals surface area contributed by atoms with Gasteiger partial charge in [-0.25, -0.2) is 9.67 Å². The van der Waals surface area contributed by atoms with Crippen LogP contribution in [0.4, 0.5) is 0 Å². The number of rotatable bonds is 6. The van der Waals surface area contributed by atoms with Crippen LogP contribution in [0, 0.1) is 0 Å². The summed E-state index contributed by atoms with van der Waals surface area (Å²) < 4.78 is 1.67. The van der Waals surface area contributed by atoms with Crippen molar-refractivity contribution < 1.29 is 9.90 Å². The fourth-order valence-corrected chi connectivity index (χ4v) is 2.52. The Morgan fingerprint density at radius 2 is 2.22 bits per heavy atom. The average Bonchev–Trinajstić information content (AvgIpc) is 3.26. The Kier molecular flexibility index (Phi) is 4.63. The van der Waals surface area contributed by atoms with Crippen molar-refractivity contribution >= 4 is 17.5 Å². The van der Waals surface area contributed by atoms with Crippen molar-refractivity contribution in [1.82, 2.24) is 20.1 Å². The third-order valence-corrected chi connectivity index (χ3v) is 4.03. The fourth-order valence-electron chi connectivity index (χ4n) is 2.30. The second-order valence-corrected chi connectivity index (χ2v) is 6.23. The number of aromatic nitrogens is 3. The minimum atomic E-state index is -0.453. The van der Waals surface area contributed by atoms with Crippen LogP contribution < -0.4 is 5.32 Å². The summed E-state index contributed by atoms with van der Waals surface area (Å²) >= 11 is 6.25. The van der Waals surface area contributed by atoms with Gasteiger partial charge in [0.15, 0.2) is 0 Å². The Morgan fingerprint density at radius 3 is 2.87 bits per heavy atom. The molecule has 1 heterocycles. The number of carbonyl (C=O) groups is 1. The number of benzene rings is 1. The molecule has 1 aromatic carbocycles. The molecule has 1 saturated carbocycles. The van der Waals surface area contributed by atoms with E-state index in [1.807, 2.05) is 18.2 Å². The van der Waals surface area contributed by atoms with Crippen LogP contribution in [-0.4, -0.2) is 38.4 Å². The van der Waals surface area contributed by atoms with Crippen LogP contribution in [0.3, 0.4) is 0 Å². The number of para-hydroxylation sites is 1. The maximum Gasteiger partial charge on any atom is 0.290 e. The predicted octanol–water partition coefficient (Wildman–Crippen LogP) is 2.30. The van der Waals surface area contributed by atoms with Crippen molar-refractivity contribution in [3.63, 3.8) is 0 Å². The average molecular weight is 335 g/mol. The first-order chi connectivity index (χ1) is 11.1. The van der Waals surface area contributed by atoms with Gasteiger partial charge < -0.3 is 10.4 Å². The predicted molar refractivity (Wildman–Crippen MR) is 87.0 cm³/mol. The van der Waals surface area contributed by atoms with Gasteiger partial charge in [-0.05, 0) is 38.3 Å². The van der Waals surface area contributed by atoms with Crippen molar-refractivity contribution in [3.05, 3.63) is 40.9 Å². The van der Waals surface area contributed by atoms with E-state index >= 15 is 0 Å². The Morgan fingerprint density at radius 1 is 1.48 bits per heavy atom. The maximum absolute atomic E-state index is 12.2. The first-order valence-corrected chi connectivity index (χ1v) is 8.12. The van der Waals surface area contributed by atoms with Gasteiger partial charge in [0, 0.05) is 12.5 Å². The van der Waals surface area contributed by atoms with E-state index in [9.17, 15) is 9.90 Å². The molecular formula is C16H19ClN4O2. The lowest BCUT2D eigenvalue weighted by atomic mass is 10.3. The number of nitrogens with zero attached hydrogens (tertiary/aromatic N) is 3. The molecule has 0 radical (unpaired) electrons. The molecule has 1 unspecified atom stereocenters. The van der Waals surface area contributed by atoms with Crippen LogP contribution in [0.15, 0.2) is 24.3 Å². The van der Waals surface area contributed by atoms with Crippen molar-refractivity contribution in [2.24, 2.45) is 0 Å². The molecule has 0 bridgehead atoms. The Labute approximate surface area is 139 Å². The molecule has 1 aromatic heterocycles. The summed E-state index contributed by atoms with van der Waals surface area (Å²) in [5, 5.41) is 16.9. The zero-order valence-electron chi connectivity index (χ0n) is 12.9. The summed E-state index contributed by atoms with van der Waals surface area (Å²) in [6, 6.07) is 7.38. The van der Waals surface area contributed by atoms with Crippen molar-refractivity contribution in [3.8, 4) is 5.69 Å². The Hall–Kier alpha value is -1.92. The van der Waals surface area contributed by atoms with Crippen LogP contribution >= 0.6 is 11.6 Å². The molecule has 23 heavy (non-hydrogen) atoms. The number of hydrogen-bond acceptors (Lipinski definition) is 4. The van der Waals surface area contributed by atoms with Crippen molar-refractivity contribution in [2.75, 3.05) is 6.54 Å². The smallest absolute Gasteiger partial charge is 0.290 e. The van der Waals surface area contributed by atoms with E-state index < -0.39 is 6.10 Å². The summed E-state index contributed by atoms with van der Waals surface area (Å²) in [5.41, 5.74) is 0.728. The van der Waals surface area contributed by atoms with Gasteiger partial charge in [0.05, 0.1) is 16.8 Å². The van der Waals surface area contributed by atoms with Crippen molar-refractivity contribution in [2.45, 2.75) is 38.2 Å². The summed E-state index contributed by atoms with van der Waals surface area (Å²) in [6.07, 6.45) is 2.14. The zero-order valence-corrected chi connectivity index (χ0v) is 13.6. The molecule has 1 fully saturated rings. The second kappa shape index (κ2) is 6.68. The first kappa shape index (κ1) is 16.0. The summed E-state index contributed by atoms with van der Waals surface area (Å²) in [6.45, 7) is 2.07. The summed E-state index contributed by atoms with van der Waals surface area (Å²) in [5.74, 6) is 0.910. The number of halogens is 1. The minimum absolute atomic E-state index is 0.136. The van der Waals surface area contributed by atoms with Gasteiger partial charge in [-0.2, -0.15) is 0 Å². The number of hydrogen-bond donors (Lipinski definition) is 2. The van der Waals surface area contributed by atoms with Crippen LogP contribution in [0.2, 0.25) is 5.02 Å². The van der Waals surface area contributed by atoms with E-state index in [-0.39, 0.29) is 11.7 Å². The summed E-state index contributed by atoms with van der Waals surface area (Å²) in [7, 11) is 0. The highest BCUT2D eigenvalue weighted by Crippen LogP contribution is 2.40. The number of amides is 1. The normalized spacial score (nSPS) is 15.4. The molecule has 7 heteroatoms. The van der Waals surface area contributed by atoms with Crippen LogP contribution in [0.1, 0.15) is 48.5 Å². The molecule has 1 aliphatic carbocycles. The molecule has 2 aromatic rings. The molecule has 2 N–H and O–H groups in total. The molecular weight excluding hydrogens is 316 g/mol. The third-order valence-electron chi connectivity index (χ3n) is 3.71. The van der Waals surface area contributed by atoms with E-state index in [0.29, 0.717) is 23.9 Å². The number of nitrogens with one attached hydrogen (secondary N) is 1. The number of aliphatic hydroxyl groups is 1. The van der Waals surface area contributed by atoms with Gasteiger partial charge in [0.25, 0.3) is 5.91 Å². The minimum Gasteiger partial charge on any atom is -0.393 e. The van der Waals surface area contributed by atoms with E-state index in [1.54, 1.807) is 17.7 Å². The second-order valence-electron chi connectivity index (χ2n) is 5.82. The maximum atomic E-state index is 12.2. The monoisotopic (exact) mass is 334 g/mol. The van der Waals surface area contributed by atoms with E-state index in [1.165, 1.54) is 0 Å². The quantitative estimate of drug-likeness (QED) is 0.849.